The van der Waals surface area contributed by atoms with E-state index in [1.165, 1.54) is 0 Å². The zero-order valence-corrected chi connectivity index (χ0v) is 25.9. The minimum absolute atomic E-state index is 0.0876. The maximum atomic E-state index is 14.8. The Hall–Kier alpha value is -3.56. The molecule has 2 aromatic rings. The van der Waals surface area contributed by atoms with E-state index < -0.39 is 28.7 Å². The standard InChI is InChI=1S/C34H41N3O5S/c1-6-19-35(23-11-9-8-10-12-23)31(39)28-27-17-18-34(43-27)29(28)32(40)37(26(21-38)22(3)4)30(34)33(41)36(20-7-2)24-13-15-25(42-5)16-14-24/h6-16,22,26-30,38H,1-2,17-21H2,3-5H3/t26-,27-,28+,29-,30?,34?/m0/s1. The number of anilines is 2. The molecule has 3 aliphatic rings. The highest BCUT2D eigenvalue weighted by Gasteiger charge is 2.74. The smallest absolute Gasteiger partial charge is 0.251 e. The van der Waals surface area contributed by atoms with E-state index in [2.05, 4.69) is 13.2 Å². The van der Waals surface area contributed by atoms with Crippen molar-refractivity contribution >= 4 is 40.9 Å². The Morgan fingerprint density at radius 2 is 1.65 bits per heavy atom. The normalized spacial score (nSPS) is 26.3. The average molecular weight is 604 g/mol. The summed E-state index contributed by atoms with van der Waals surface area (Å²) in [4.78, 5) is 48.8. The summed E-state index contributed by atoms with van der Waals surface area (Å²) in [6.07, 6.45) is 4.74. The van der Waals surface area contributed by atoms with Gasteiger partial charge in [0.1, 0.15) is 11.8 Å². The summed E-state index contributed by atoms with van der Waals surface area (Å²) in [7, 11) is 1.59. The Morgan fingerprint density at radius 1 is 1.05 bits per heavy atom. The lowest BCUT2D eigenvalue weighted by Gasteiger charge is -2.40. The van der Waals surface area contributed by atoms with Crippen LogP contribution in [0.3, 0.4) is 0 Å². The van der Waals surface area contributed by atoms with Crippen molar-refractivity contribution in [3.63, 3.8) is 0 Å². The van der Waals surface area contributed by atoms with Crippen LogP contribution in [0.5, 0.6) is 5.75 Å². The van der Waals surface area contributed by atoms with Gasteiger partial charge in [-0.25, -0.2) is 0 Å². The maximum absolute atomic E-state index is 14.8. The molecule has 2 unspecified atom stereocenters. The third-order valence-electron chi connectivity index (χ3n) is 9.18. The quantitative estimate of drug-likeness (QED) is 0.359. The highest BCUT2D eigenvalue weighted by molar-refractivity contribution is 8.02. The Bertz CT molecular complexity index is 1370. The summed E-state index contributed by atoms with van der Waals surface area (Å²) in [6.45, 7) is 11.9. The van der Waals surface area contributed by atoms with Crippen LogP contribution in [0.25, 0.3) is 0 Å². The number of methoxy groups -OCH3 is 1. The SMILES string of the molecule is C=CCN(C(=O)C1N([C@@H](CO)C(C)C)C(=O)[C@@H]2[C@H](C(=O)N(CC=C)c3ccccc3)[C@@H]3CCC12S3)c1ccc(OC)cc1. The minimum Gasteiger partial charge on any atom is -0.497 e. The van der Waals surface area contributed by atoms with Gasteiger partial charge in [-0.15, -0.1) is 24.9 Å². The molecule has 43 heavy (non-hydrogen) atoms. The van der Waals surface area contributed by atoms with Crippen molar-refractivity contribution in [2.24, 2.45) is 17.8 Å². The van der Waals surface area contributed by atoms with Crippen molar-refractivity contribution in [1.29, 1.82) is 0 Å². The van der Waals surface area contributed by atoms with E-state index >= 15 is 0 Å². The Labute approximate surface area is 258 Å². The van der Waals surface area contributed by atoms with Gasteiger partial charge in [-0.05, 0) is 55.2 Å². The number of carbonyl (C=O) groups excluding carboxylic acids is 3. The number of nitrogens with zero attached hydrogens (tertiary/aromatic N) is 3. The van der Waals surface area contributed by atoms with Crippen molar-refractivity contribution < 1.29 is 24.2 Å². The fraction of sp³-hybridized carbons (Fsp3) is 0.441. The van der Waals surface area contributed by atoms with Gasteiger partial charge < -0.3 is 24.5 Å². The average Bonchev–Trinajstić information content (AvgIpc) is 3.66. The van der Waals surface area contributed by atoms with Gasteiger partial charge in [0.2, 0.25) is 11.8 Å². The minimum atomic E-state index is -0.844. The molecule has 8 nitrogen and oxygen atoms in total. The third kappa shape index (κ3) is 5.16. The van der Waals surface area contributed by atoms with Crippen molar-refractivity contribution in [3.8, 4) is 5.75 Å². The van der Waals surface area contributed by atoms with Crippen LogP contribution >= 0.6 is 11.8 Å². The lowest BCUT2D eigenvalue weighted by Crippen LogP contribution is -2.58. The number of carbonyl (C=O) groups is 3. The Kier molecular flexibility index (Phi) is 9.04. The molecule has 3 aliphatic heterocycles. The summed E-state index contributed by atoms with van der Waals surface area (Å²) in [5.74, 6) is -1.28. The first-order chi connectivity index (χ1) is 20.7. The van der Waals surface area contributed by atoms with Gasteiger partial charge in [0.05, 0.1) is 36.3 Å². The van der Waals surface area contributed by atoms with E-state index in [0.29, 0.717) is 24.4 Å². The first-order valence-electron chi connectivity index (χ1n) is 14.9. The van der Waals surface area contributed by atoms with E-state index in [4.69, 9.17) is 4.74 Å². The van der Waals surface area contributed by atoms with E-state index in [1.54, 1.807) is 57.9 Å². The number of hydrogen-bond acceptors (Lipinski definition) is 6. The van der Waals surface area contributed by atoms with E-state index in [1.807, 2.05) is 56.3 Å². The van der Waals surface area contributed by atoms with Gasteiger partial charge in [0.25, 0.3) is 5.91 Å². The molecule has 1 spiro atoms. The molecule has 5 rings (SSSR count). The van der Waals surface area contributed by atoms with Crippen LogP contribution < -0.4 is 14.5 Å². The van der Waals surface area contributed by atoms with Crippen LogP contribution in [-0.2, 0) is 14.4 Å². The van der Waals surface area contributed by atoms with Gasteiger partial charge >= 0.3 is 0 Å². The molecule has 9 heteroatoms. The van der Waals surface area contributed by atoms with Crippen molar-refractivity contribution in [2.75, 3.05) is 36.6 Å². The number of aliphatic hydroxyl groups is 1. The van der Waals surface area contributed by atoms with Crippen LogP contribution in [0.15, 0.2) is 79.9 Å². The number of amides is 3. The number of thioether (sulfide) groups is 1. The number of fused-ring (bicyclic) bond motifs is 1. The van der Waals surface area contributed by atoms with Crippen LogP contribution in [0.4, 0.5) is 11.4 Å². The largest absolute Gasteiger partial charge is 0.497 e. The van der Waals surface area contributed by atoms with Gasteiger partial charge in [-0.2, -0.15) is 0 Å². The van der Waals surface area contributed by atoms with E-state index in [0.717, 1.165) is 12.1 Å². The zero-order chi connectivity index (χ0) is 30.9. The fourth-order valence-electron chi connectivity index (χ4n) is 7.23. The molecule has 1 N–H and O–H groups in total. The van der Waals surface area contributed by atoms with Crippen LogP contribution in [0, 0.1) is 17.8 Å². The number of likely N-dealkylation sites (tertiary alicyclic amines) is 1. The van der Waals surface area contributed by atoms with Gasteiger partial charge in [-0.1, -0.05) is 44.2 Å². The molecule has 0 aromatic heterocycles. The summed E-state index contributed by atoms with van der Waals surface area (Å²) in [6, 6.07) is 15.3. The molecule has 3 saturated heterocycles. The number of rotatable bonds is 12. The molecule has 228 valence electrons. The highest BCUT2D eigenvalue weighted by Crippen LogP contribution is 2.67. The molecule has 2 aromatic carbocycles. The van der Waals surface area contributed by atoms with Crippen molar-refractivity contribution in [3.05, 3.63) is 79.9 Å². The molecule has 0 aliphatic carbocycles. The number of hydrogen-bond donors (Lipinski definition) is 1. The second kappa shape index (κ2) is 12.6. The summed E-state index contributed by atoms with van der Waals surface area (Å²) in [5.41, 5.74) is 1.41. The number of benzene rings is 2. The summed E-state index contributed by atoms with van der Waals surface area (Å²) in [5, 5.41) is 10.5. The summed E-state index contributed by atoms with van der Waals surface area (Å²) < 4.78 is 4.53. The molecule has 3 amide bonds. The predicted molar refractivity (Wildman–Crippen MR) is 171 cm³/mol. The Balaban J connectivity index is 1.60. The van der Waals surface area contributed by atoms with Crippen molar-refractivity contribution in [2.45, 2.75) is 48.8 Å². The lowest BCUT2D eigenvalue weighted by atomic mass is 9.70. The van der Waals surface area contributed by atoms with Crippen molar-refractivity contribution in [1.82, 2.24) is 4.90 Å². The lowest BCUT2D eigenvalue weighted by molar-refractivity contribution is -0.142. The van der Waals surface area contributed by atoms with Crippen LogP contribution in [-0.4, -0.2) is 76.6 Å². The zero-order valence-electron chi connectivity index (χ0n) is 25.1. The number of para-hydroxylation sites is 1. The molecular weight excluding hydrogens is 562 g/mol. The number of aliphatic hydroxyl groups excluding tert-OH is 1. The van der Waals surface area contributed by atoms with Crippen LogP contribution in [0.2, 0.25) is 0 Å². The van der Waals surface area contributed by atoms with Gasteiger partial charge in [-0.3, -0.25) is 14.4 Å². The summed E-state index contributed by atoms with van der Waals surface area (Å²) >= 11 is 1.63. The molecular formula is C34H41N3O5S. The van der Waals surface area contributed by atoms with Gasteiger partial charge in [0, 0.05) is 29.7 Å². The maximum Gasteiger partial charge on any atom is 0.251 e. The Morgan fingerprint density at radius 3 is 2.21 bits per heavy atom. The molecule has 0 radical (unpaired) electrons. The molecule has 0 saturated carbocycles. The fourth-order valence-corrected chi connectivity index (χ4v) is 9.42. The highest BCUT2D eigenvalue weighted by atomic mass is 32.2. The van der Waals surface area contributed by atoms with E-state index in [-0.39, 0.29) is 42.0 Å². The second-order valence-electron chi connectivity index (χ2n) is 11.8. The second-order valence-corrected chi connectivity index (χ2v) is 13.4. The first-order valence-corrected chi connectivity index (χ1v) is 15.8. The van der Waals surface area contributed by atoms with Crippen LogP contribution in [0.1, 0.15) is 26.7 Å². The van der Waals surface area contributed by atoms with Gasteiger partial charge in [0.15, 0.2) is 0 Å². The molecule has 3 heterocycles. The predicted octanol–water partition coefficient (Wildman–Crippen LogP) is 4.54. The topological polar surface area (TPSA) is 90.4 Å². The molecule has 6 atom stereocenters. The van der Waals surface area contributed by atoms with E-state index in [9.17, 15) is 19.5 Å². The monoisotopic (exact) mass is 603 g/mol. The first kappa shape index (κ1) is 30.9. The number of ether oxygens (including phenoxy) is 1. The third-order valence-corrected chi connectivity index (χ3v) is 11.1. The molecule has 3 fully saturated rings. The molecule has 2 bridgehead atoms.